The van der Waals surface area contributed by atoms with Crippen molar-refractivity contribution in [1.82, 2.24) is 5.32 Å². The van der Waals surface area contributed by atoms with E-state index in [-0.39, 0.29) is 25.8 Å². The summed E-state index contributed by atoms with van der Waals surface area (Å²) in [6.45, 7) is 10.5. The van der Waals surface area contributed by atoms with Crippen LogP contribution in [0.1, 0.15) is 34.6 Å². The minimum Gasteiger partial charge on any atom is -0.354 e. The molecular weight excluding hydrogens is 208 g/mol. The lowest BCUT2D eigenvalue weighted by Gasteiger charge is -2.00. The minimum atomic E-state index is -0.300. The molecule has 0 aromatic carbocycles. The van der Waals surface area contributed by atoms with Crippen molar-refractivity contribution >= 4 is 12.2 Å². The van der Waals surface area contributed by atoms with Gasteiger partial charge in [-0.3, -0.25) is 4.79 Å². The van der Waals surface area contributed by atoms with Crippen LogP contribution in [0.4, 0.5) is 0 Å². The van der Waals surface area contributed by atoms with Crippen LogP contribution in [0.15, 0.2) is 0 Å². The highest BCUT2D eigenvalue weighted by atomic mass is 16.5. The number of rotatable bonds is 5. The van der Waals surface area contributed by atoms with Crippen molar-refractivity contribution in [2.75, 3.05) is 19.9 Å². The van der Waals surface area contributed by atoms with Crippen LogP contribution < -0.4 is 11.1 Å². The summed E-state index contributed by atoms with van der Waals surface area (Å²) in [4.78, 5) is 20.0. The van der Waals surface area contributed by atoms with Crippen LogP contribution in [0.5, 0.6) is 0 Å². The zero-order chi connectivity index (χ0) is 13.4. The maximum absolute atomic E-state index is 10.4. The molecule has 0 atom stereocenters. The lowest BCUT2D eigenvalue weighted by molar-refractivity contribution is -0.122. The van der Waals surface area contributed by atoms with Gasteiger partial charge in [0.15, 0.2) is 0 Å². The number of hydrogen-bond donors (Lipinski definition) is 2. The molecule has 16 heavy (non-hydrogen) atoms. The van der Waals surface area contributed by atoms with Gasteiger partial charge in [0.2, 0.25) is 5.91 Å². The van der Waals surface area contributed by atoms with Gasteiger partial charge in [0.1, 0.15) is 19.6 Å². The fourth-order valence-corrected chi connectivity index (χ4v) is 0.311. The molecular formula is C11H26N2O3. The average Bonchev–Trinajstić information content (AvgIpc) is 2.26. The van der Waals surface area contributed by atoms with Crippen LogP contribution >= 0.6 is 0 Å². The molecule has 0 rings (SSSR count). The van der Waals surface area contributed by atoms with E-state index in [1.807, 2.05) is 13.8 Å². The molecule has 0 aliphatic carbocycles. The monoisotopic (exact) mass is 234 g/mol. The van der Waals surface area contributed by atoms with E-state index in [2.05, 4.69) is 30.8 Å². The van der Waals surface area contributed by atoms with Crippen molar-refractivity contribution in [3.63, 3.8) is 0 Å². The first-order chi connectivity index (χ1) is 7.54. The molecule has 0 fully saturated rings. The summed E-state index contributed by atoms with van der Waals surface area (Å²) in [7, 11) is 0. The van der Waals surface area contributed by atoms with Crippen molar-refractivity contribution in [1.29, 1.82) is 0 Å². The Kier molecular flexibility index (Phi) is 25.1. The fraction of sp³-hybridized carbons (Fsp3) is 0.818. The molecule has 0 bridgehead atoms. The van der Waals surface area contributed by atoms with E-state index in [4.69, 9.17) is 5.73 Å². The van der Waals surface area contributed by atoms with Gasteiger partial charge in [0.25, 0.3) is 0 Å². The molecule has 0 saturated heterocycles. The Labute approximate surface area is 98.7 Å². The van der Waals surface area contributed by atoms with E-state index in [1.165, 1.54) is 0 Å². The van der Waals surface area contributed by atoms with Gasteiger partial charge >= 0.3 is 0 Å². The van der Waals surface area contributed by atoms with Gasteiger partial charge in [-0.05, 0) is 5.92 Å². The predicted molar refractivity (Wildman–Crippen MR) is 65.9 cm³/mol. The molecule has 1 amide bonds. The van der Waals surface area contributed by atoms with E-state index in [9.17, 15) is 9.59 Å². The molecule has 0 heterocycles. The third kappa shape index (κ3) is 38.1. The van der Waals surface area contributed by atoms with Crippen molar-refractivity contribution in [3.05, 3.63) is 0 Å². The van der Waals surface area contributed by atoms with Gasteiger partial charge in [0.05, 0.1) is 6.54 Å². The molecule has 0 aliphatic heterocycles. The lowest BCUT2D eigenvalue weighted by atomic mass is 10.3. The first kappa shape index (κ1) is 20.5. The molecule has 0 spiro atoms. The lowest BCUT2D eigenvalue weighted by Crippen LogP contribution is -2.32. The van der Waals surface area contributed by atoms with Crippen LogP contribution in [-0.2, 0) is 14.3 Å². The van der Waals surface area contributed by atoms with E-state index in [0.29, 0.717) is 6.29 Å². The molecule has 98 valence electrons. The average molecular weight is 234 g/mol. The molecule has 0 radical (unpaired) electrons. The van der Waals surface area contributed by atoms with E-state index < -0.39 is 0 Å². The number of ether oxygens (including phenoxy) is 1. The van der Waals surface area contributed by atoms with Gasteiger partial charge in [-0.2, -0.15) is 0 Å². The summed E-state index contributed by atoms with van der Waals surface area (Å²) in [5.41, 5.74) is 4.95. The Bertz CT molecular complexity index is 147. The highest BCUT2D eigenvalue weighted by Gasteiger charge is 1.93. The number of nitrogens with one attached hydrogen (secondary N) is 1. The minimum absolute atomic E-state index is 0.00908. The summed E-state index contributed by atoms with van der Waals surface area (Å²) in [5, 5.41) is 2.32. The highest BCUT2D eigenvalue weighted by Crippen LogP contribution is 1.81. The Morgan fingerprint density at radius 2 is 1.81 bits per heavy atom. The second kappa shape index (κ2) is 19.6. The van der Waals surface area contributed by atoms with Gasteiger partial charge < -0.3 is 20.6 Å². The topological polar surface area (TPSA) is 81.4 Å². The molecule has 5 heteroatoms. The van der Waals surface area contributed by atoms with Crippen LogP contribution in [-0.4, -0.2) is 32.1 Å². The summed E-state index contributed by atoms with van der Waals surface area (Å²) in [6.07, 6.45) is 0.606. The highest BCUT2D eigenvalue weighted by molar-refractivity contribution is 5.77. The number of hydrogen-bond acceptors (Lipinski definition) is 4. The quantitative estimate of drug-likeness (QED) is 0.421. The standard InChI is InChI=1S/C5H10N2O3.C4H10.C2H6/c6-3-5(9)7-4-10-2-1-8;1-4(2)3;1-2/h1H,2-4,6H2,(H,7,9);4H,1-3H3;1-2H3. The molecule has 0 aromatic heterocycles. The van der Waals surface area contributed by atoms with Gasteiger partial charge in [-0.25, -0.2) is 0 Å². The number of carbonyl (C=O) groups is 2. The summed E-state index contributed by atoms with van der Waals surface area (Å²) in [6, 6.07) is 0. The van der Waals surface area contributed by atoms with Crippen molar-refractivity contribution in [2.24, 2.45) is 11.7 Å². The zero-order valence-corrected chi connectivity index (χ0v) is 11.1. The summed E-state index contributed by atoms with van der Waals surface area (Å²) < 4.78 is 4.60. The number of amides is 1. The Morgan fingerprint density at radius 3 is 2.12 bits per heavy atom. The Balaban J connectivity index is -0.000000237. The van der Waals surface area contributed by atoms with Gasteiger partial charge in [0, 0.05) is 0 Å². The van der Waals surface area contributed by atoms with E-state index >= 15 is 0 Å². The molecule has 0 aliphatic rings. The maximum Gasteiger partial charge on any atom is 0.235 e. The van der Waals surface area contributed by atoms with E-state index in [1.54, 1.807) is 0 Å². The molecule has 3 N–H and O–H groups in total. The number of carbonyl (C=O) groups excluding carboxylic acids is 2. The van der Waals surface area contributed by atoms with Gasteiger partial charge in [-0.1, -0.05) is 34.6 Å². The third-order valence-corrected chi connectivity index (χ3v) is 0.743. The predicted octanol–water partition coefficient (Wildman–Crippen LogP) is 0.923. The second-order valence-corrected chi connectivity index (χ2v) is 3.22. The van der Waals surface area contributed by atoms with Crippen LogP contribution in [0.2, 0.25) is 0 Å². The Morgan fingerprint density at radius 1 is 1.38 bits per heavy atom. The zero-order valence-electron chi connectivity index (χ0n) is 11.1. The molecule has 5 nitrogen and oxygen atoms in total. The second-order valence-electron chi connectivity index (χ2n) is 3.22. The van der Waals surface area contributed by atoms with Gasteiger partial charge in [-0.15, -0.1) is 0 Å². The van der Waals surface area contributed by atoms with Crippen LogP contribution in [0, 0.1) is 5.92 Å². The Hall–Kier alpha value is -0.940. The molecule has 0 saturated carbocycles. The first-order valence-electron chi connectivity index (χ1n) is 5.52. The molecule has 0 unspecified atom stereocenters. The van der Waals surface area contributed by atoms with Crippen molar-refractivity contribution in [2.45, 2.75) is 34.6 Å². The van der Waals surface area contributed by atoms with Crippen LogP contribution in [0.25, 0.3) is 0 Å². The third-order valence-electron chi connectivity index (χ3n) is 0.743. The SMILES string of the molecule is CC.CC(C)C.NCC(=O)NCOCC=O. The summed E-state index contributed by atoms with van der Waals surface area (Å²) in [5.74, 6) is 0.533. The van der Waals surface area contributed by atoms with Crippen molar-refractivity contribution < 1.29 is 14.3 Å². The summed E-state index contributed by atoms with van der Waals surface area (Å²) >= 11 is 0. The first-order valence-corrected chi connectivity index (χ1v) is 5.52. The van der Waals surface area contributed by atoms with Crippen LogP contribution in [0.3, 0.4) is 0 Å². The normalized spacial score (nSPS) is 8.19. The number of aldehydes is 1. The van der Waals surface area contributed by atoms with E-state index in [0.717, 1.165) is 5.92 Å². The maximum atomic E-state index is 10.4. The molecule has 0 aromatic rings. The number of nitrogens with two attached hydrogens (primary N) is 1. The fourth-order valence-electron chi connectivity index (χ4n) is 0.311. The van der Waals surface area contributed by atoms with Crippen molar-refractivity contribution in [3.8, 4) is 0 Å². The smallest absolute Gasteiger partial charge is 0.235 e. The largest absolute Gasteiger partial charge is 0.354 e.